The fraction of sp³-hybridized carbons (Fsp3) is 0.143. The molecule has 52 valence electrons. The van der Waals surface area contributed by atoms with Gasteiger partial charge in [-0.2, -0.15) is 0 Å². The van der Waals surface area contributed by atoms with Crippen LogP contribution in [-0.2, 0) is 0 Å². The SMILES string of the molecule is CN1C=CC=C/C1=C\N=O. The largest absolute Gasteiger partial charge is 0.350 e. The number of hydrogen-bond donors (Lipinski definition) is 0. The third-order valence-corrected chi connectivity index (χ3v) is 1.28. The van der Waals surface area contributed by atoms with Crippen molar-refractivity contribution in [1.82, 2.24) is 4.90 Å². The number of likely N-dealkylation sites (N-methyl/N-ethyl adjacent to an activating group) is 1. The second-order valence-electron chi connectivity index (χ2n) is 1.97. The molecule has 0 saturated carbocycles. The molecule has 0 radical (unpaired) electrons. The van der Waals surface area contributed by atoms with Crippen LogP contribution in [0.4, 0.5) is 0 Å². The first-order valence-corrected chi connectivity index (χ1v) is 2.95. The van der Waals surface area contributed by atoms with Gasteiger partial charge in [-0.3, -0.25) is 0 Å². The maximum absolute atomic E-state index is 9.81. The molecule has 0 aromatic heterocycles. The zero-order valence-electron chi connectivity index (χ0n) is 5.69. The van der Waals surface area contributed by atoms with Gasteiger partial charge in [0, 0.05) is 13.2 Å². The van der Waals surface area contributed by atoms with Crippen molar-refractivity contribution < 1.29 is 0 Å². The molecule has 0 bridgehead atoms. The maximum Gasteiger partial charge on any atom is 0.0951 e. The summed E-state index contributed by atoms with van der Waals surface area (Å²) in [5.74, 6) is 0. The van der Waals surface area contributed by atoms with E-state index in [0.29, 0.717) is 0 Å². The topological polar surface area (TPSA) is 32.7 Å². The van der Waals surface area contributed by atoms with Gasteiger partial charge in [-0.05, 0) is 17.3 Å². The summed E-state index contributed by atoms with van der Waals surface area (Å²) >= 11 is 0. The fourth-order valence-electron chi connectivity index (χ4n) is 0.725. The lowest BCUT2D eigenvalue weighted by molar-refractivity contribution is 0.582. The third-order valence-electron chi connectivity index (χ3n) is 1.28. The van der Waals surface area contributed by atoms with Gasteiger partial charge in [0.25, 0.3) is 0 Å². The first-order chi connectivity index (χ1) is 4.84. The predicted octanol–water partition coefficient (Wildman–Crippen LogP) is 1.61. The molecule has 0 atom stereocenters. The van der Waals surface area contributed by atoms with E-state index in [1.807, 2.05) is 36.4 Å². The normalized spacial score (nSPS) is 20.1. The molecule has 1 rings (SSSR count). The van der Waals surface area contributed by atoms with Crippen molar-refractivity contribution in [3.63, 3.8) is 0 Å². The number of nitroso groups, excluding NO2 is 1. The molecule has 10 heavy (non-hydrogen) atoms. The van der Waals surface area contributed by atoms with Gasteiger partial charge in [0.1, 0.15) is 0 Å². The molecule has 3 heteroatoms. The van der Waals surface area contributed by atoms with Crippen LogP contribution in [0.15, 0.2) is 41.5 Å². The average molecular weight is 136 g/mol. The van der Waals surface area contributed by atoms with Gasteiger partial charge in [0.15, 0.2) is 0 Å². The highest BCUT2D eigenvalue weighted by Crippen LogP contribution is 2.08. The second-order valence-corrected chi connectivity index (χ2v) is 1.97. The van der Waals surface area contributed by atoms with Crippen molar-refractivity contribution in [2.24, 2.45) is 5.18 Å². The Morgan fingerprint density at radius 1 is 1.60 bits per heavy atom. The van der Waals surface area contributed by atoms with Crippen LogP contribution in [0.25, 0.3) is 0 Å². The first kappa shape index (κ1) is 6.74. The molecule has 0 aromatic carbocycles. The molecular formula is C7H8N2O. The Morgan fingerprint density at radius 2 is 2.40 bits per heavy atom. The average Bonchev–Trinajstić information content (AvgIpc) is 1.94. The lowest BCUT2D eigenvalue weighted by Gasteiger charge is -2.15. The molecule has 0 N–H and O–H groups in total. The highest BCUT2D eigenvalue weighted by Gasteiger charge is 1.98. The van der Waals surface area contributed by atoms with Gasteiger partial charge >= 0.3 is 0 Å². The standard InChI is InChI=1S/C7H8N2O/c1-9-5-3-2-4-7(9)6-8-10/h2-6H,1H3/b7-6+. The Morgan fingerprint density at radius 3 is 3.00 bits per heavy atom. The Kier molecular flexibility index (Phi) is 1.99. The van der Waals surface area contributed by atoms with Crippen LogP contribution in [0.3, 0.4) is 0 Å². The lowest BCUT2D eigenvalue weighted by Crippen LogP contribution is -2.09. The van der Waals surface area contributed by atoms with Crippen molar-refractivity contribution in [1.29, 1.82) is 0 Å². The molecule has 0 spiro atoms. The Labute approximate surface area is 59.3 Å². The Hall–Kier alpha value is -1.38. The van der Waals surface area contributed by atoms with Crippen LogP contribution in [0.5, 0.6) is 0 Å². The van der Waals surface area contributed by atoms with Crippen LogP contribution >= 0.6 is 0 Å². The Bertz CT molecular complexity index is 216. The van der Waals surface area contributed by atoms with Crippen molar-refractivity contribution in [2.75, 3.05) is 7.05 Å². The van der Waals surface area contributed by atoms with E-state index in [1.54, 1.807) is 0 Å². The maximum atomic E-state index is 9.81. The quantitative estimate of drug-likeness (QED) is 0.513. The first-order valence-electron chi connectivity index (χ1n) is 2.95. The van der Waals surface area contributed by atoms with E-state index >= 15 is 0 Å². The smallest absolute Gasteiger partial charge is 0.0951 e. The number of nitrogens with zero attached hydrogens (tertiary/aromatic N) is 2. The van der Waals surface area contributed by atoms with E-state index in [4.69, 9.17) is 0 Å². The van der Waals surface area contributed by atoms with E-state index in [-0.39, 0.29) is 0 Å². The third kappa shape index (κ3) is 1.31. The summed E-state index contributed by atoms with van der Waals surface area (Å²) < 4.78 is 0. The summed E-state index contributed by atoms with van der Waals surface area (Å²) in [6, 6.07) is 0. The molecule has 3 nitrogen and oxygen atoms in total. The van der Waals surface area contributed by atoms with Crippen LogP contribution < -0.4 is 0 Å². The second kappa shape index (κ2) is 2.96. The predicted molar refractivity (Wildman–Crippen MR) is 39.9 cm³/mol. The fourth-order valence-corrected chi connectivity index (χ4v) is 0.725. The van der Waals surface area contributed by atoms with E-state index < -0.39 is 0 Å². The van der Waals surface area contributed by atoms with Crippen molar-refractivity contribution in [2.45, 2.75) is 0 Å². The Balaban J connectivity index is 2.79. The number of allylic oxidation sites excluding steroid dienone is 3. The number of hydrogen-bond acceptors (Lipinski definition) is 3. The van der Waals surface area contributed by atoms with Crippen molar-refractivity contribution in [3.05, 3.63) is 41.2 Å². The molecule has 1 aliphatic heterocycles. The molecule has 0 aliphatic carbocycles. The zero-order valence-corrected chi connectivity index (χ0v) is 5.69. The van der Waals surface area contributed by atoms with Gasteiger partial charge < -0.3 is 4.90 Å². The van der Waals surface area contributed by atoms with Crippen LogP contribution in [0.1, 0.15) is 0 Å². The molecule has 0 unspecified atom stereocenters. The molecule has 1 heterocycles. The van der Waals surface area contributed by atoms with E-state index in [1.165, 1.54) is 6.20 Å². The molecule has 0 aromatic rings. The van der Waals surface area contributed by atoms with Crippen LogP contribution in [-0.4, -0.2) is 11.9 Å². The van der Waals surface area contributed by atoms with E-state index in [2.05, 4.69) is 5.18 Å². The highest BCUT2D eigenvalue weighted by molar-refractivity contribution is 5.26. The summed E-state index contributed by atoms with van der Waals surface area (Å²) in [5.41, 5.74) is 0.803. The molecule has 1 aliphatic rings. The monoisotopic (exact) mass is 136 g/mol. The molecule has 0 fully saturated rings. The zero-order chi connectivity index (χ0) is 7.40. The van der Waals surface area contributed by atoms with Gasteiger partial charge in [-0.15, -0.1) is 4.91 Å². The minimum Gasteiger partial charge on any atom is -0.350 e. The van der Waals surface area contributed by atoms with E-state index in [9.17, 15) is 4.91 Å². The van der Waals surface area contributed by atoms with Gasteiger partial charge in [0.2, 0.25) is 0 Å². The molecule has 0 amide bonds. The van der Waals surface area contributed by atoms with Crippen molar-refractivity contribution in [3.8, 4) is 0 Å². The van der Waals surface area contributed by atoms with Gasteiger partial charge in [-0.25, -0.2) is 0 Å². The van der Waals surface area contributed by atoms with Crippen molar-refractivity contribution >= 4 is 0 Å². The minimum atomic E-state index is 0.803. The number of rotatable bonds is 1. The minimum absolute atomic E-state index is 0.803. The van der Waals surface area contributed by atoms with Crippen LogP contribution in [0.2, 0.25) is 0 Å². The summed E-state index contributed by atoms with van der Waals surface area (Å²) in [6.07, 6.45) is 8.71. The van der Waals surface area contributed by atoms with Gasteiger partial charge in [-0.1, -0.05) is 6.08 Å². The summed E-state index contributed by atoms with van der Waals surface area (Å²) in [7, 11) is 1.86. The summed E-state index contributed by atoms with van der Waals surface area (Å²) in [6.45, 7) is 0. The molecular weight excluding hydrogens is 128 g/mol. The van der Waals surface area contributed by atoms with Gasteiger partial charge in [0.05, 0.1) is 11.9 Å². The van der Waals surface area contributed by atoms with Crippen LogP contribution in [0, 0.1) is 4.91 Å². The van der Waals surface area contributed by atoms with E-state index in [0.717, 1.165) is 5.70 Å². The highest BCUT2D eigenvalue weighted by atomic mass is 16.2. The summed E-state index contributed by atoms with van der Waals surface area (Å²) in [4.78, 5) is 11.6. The molecule has 0 saturated heterocycles. The summed E-state index contributed by atoms with van der Waals surface area (Å²) in [5, 5.41) is 2.67. The lowest BCUT2D eigenvalue weighted by atomic mass is 10.3.